The largest absolute Gasteiger partial charge is 0.351 e. The molecule has 0 spiro atoms. The fourth-order valence-corrected chi connectivity index (χ4v) is 2.14. The predicted octanol–water partition coefficient (Wildman–Crippen LogP) is 3.64. The van der Waals surface area contributed by atoms with E-state index in [1.165, 1.54) is 11.1 Å². The Morgan fingerprint density at radius 3 is 2.57 bits per heavy atom. The van der Waals surface area contributed by atoms with Crippen LogP contribution in [-0.2, 0) is 0 Å². The average molecular weight is 298 g/mol. The molecule has 2 N–H and O–H groups in total. The number of rotatable bonds is 4. The van der Waals surface area contributed by atoms with E-state index in [0.29, 0.717) is 16.6 Å². The minimum absolute atomic E-state index is 0.530. The maximum Gasteiger partial charge on any atom is 0.227 e. The van der Waals surface area contributed by atoms with Crippen molar-refractivity contribution in [1.82, 2.24) is 15.3 Å². The van der Waals surface area contributed by atoms with Crippen molar-refractivity contribution in [2.24, 2.45) is 0 Å². The Morgan fingerprint density at radius 1 is 1.19 bits per heavy atom. The molecule has 0 radical (unpaired) electrons. The van der Waals surface area contributed by atoms with Crippen molar-refractivity contribution < 1.29 is 0 Å². The molecular formula is C16H18N4S. The second-order valence-electron chi connectivity index (χ2n) is 4.74. The summed E-state index contributed by atoms with van der Waals surface area (Å²) in [6, 6.07) is 8.02. The van der Waals surface area contributed by atoms with Crippen LogP contribution in [0.25, 0.3) is 0 Å². The number of hydrogen-bond donors (Lipinski definition) is 2. The average Bonchev–Trinajstić information content (AvgIpc) is 2.44. The summed E-state index contributed by atoms with van der Waals surface area (Å²) in [5, 5.41) is 6.20. The van der Waals surface area contributed by atoms with Gasteiger partial charge in [0.25, 0.3) is 0 Å². The monoisotopic (exact) mass is 298 g/mol. The van der Waals surface area contributed by atoms with E-state index in [1.807, 2.05) is 13.0 Å². The van der Waals surface area contributed by atoms with Crippen LogP contribution in [0.2, 0.25) is 0 Å². The topological polar surface area (TPSA) is 49.8 Å². The lowest BCUT2D eigenvalue weighted by molar-refractivity contribution is 1.13. The summed E-state index contributed by atoms with van der Waals surface area (Å²) in [6.07, 6.45) is 5.35. The third-order valence-corrected chi connectivity index (χ3v) is 3.07. The van der Waals surface area contributed by atoms with Crippen LogP contribution >= 0.6 is 12.2 Å². The van der Waals surface area contributed by atoms with Gasteiger partial charge in [0.1, 0.15) is 10.7 Å². The number of anilines is 2. The molecule has 0 aliphatic heterocycles. The summed E-state index contributed by atoms with van der Waals surface area (Å²) in [4.78, 5) is 9.22. The number of thiocarbonyl (C=S) groups is 1. The maximum atomic E-state index is 5.27. The van der Waals surface area contributed by atoms with E-state index in [-0.39, 0.29) is 0 Å². The Morgan fingerprint density at radius 2 is 1.90 bits per heavy atom. The number of nitrogens with zero attached hydrogens (tertiary/aromatic N) is 2. The predicted molar refractivity (Wildman–Crippen MR) is 90.9 cm³/mol. The lowest BCUT2D eigenvalue weighted by Crippen LogP contribution is -2.17. The van der Waals surface area contributed by atoms with Gasteiger partial charge in [-0.2, -0.15) is 0 Å². The summed E-state index contributed by atoms with van der Waals surface area (Å²) >= 11 is 5.27. The summed E-state index contributed by atoms with van der Waals surface area (Å²) in [5.74, 6) is 0.530. The molecule has 108 valence electrons. The van der Waals surface area contributed by atoms with Gasteiger partial charge in [-0.3, -0.25) is 0 Å². The smallest absolute Gasteiger partial charge is 0.227 e. The molecule has 0 saturated carbocycles. The molecule has 2 rings (SSSR count). The number of allylic oxidation sites excluding steroid dienone is 1. The van der Waals surface area contributed by atoms with Crippen molar-refractivity contribution in [1.29, 1.82) is 0 Å². The van der Waals surface area contributed by atoms with Gasteiger partial charge in [0.15, 0.2) is 0 Å². The molecule has 2 aromatic rings. The molecule has 21 heavy (non-hydrogen) atoms. The van der Waals surface area contributed by atoms with Crippen molar-refractivity contribution in [2.45, 2.75) is 20.8 Å². The van der Waals surface area contributed by atoms with Crippen molar-refractivity contribution in [3.8, 4) is 0 Å². The maximum absolute atomic E-state index is 5.27. The van der Waals surface area contributed by atoms with Crippen LogP contribution in [0, 0.1) is 13.8 Å². The summed E-state index contributed by atoms with van der Waals surface area (Å²) in [5.41, 5.74) is 4.04. The first kappa shape index (κ1) is 15.1. The standard InChI is InChI=1S/C16H18N4S/c1-4-6-17-15(21)14-5-7-18-16(20-14)19-13-9-11(2)8-12(3)10-13/h4-10H,1-3H3,(H,17,21)(H,18,19,20)/b6-4+. The summed E-state index contributed by atoms with van der Waals surface area (Å²) in [6.45, 7) is 6.04. The number of aryl methyl sites for hydroxylation is 2. The molecule has 1 aromatic heterocycles. The Bertz CT molecular complexity index is 659. The van der Waals surface area contributed by atoms with E-state index in [1.54, 1.807) is 18.5 Å². The van der Waals surface area contributed by atoms with Gasteiger partial charge in [-0.05, 0) is 56.3 Å². The van der Waals surface area contributed by atoms with Gasteiger partial charge in [0, 0.05) is 11.9 Å². The van der Waals surface area contributed by atoms with Gasteiger partial charge >= 0.3 is 0 Å². The minimum atomic E-state index is 0.530. The van der Waals surface area contributed by atoms with Crippen LogP contribution in [0.4, 0.5) is 11.6 Å². The molecule has 0 bridgehead atoms. The second-order valence-corrected chi connectivity index (χ2v) is 5.15. The van der Waals surface area contributed by atoms with Gasteiger partial charge < -0.3 is 10.6 Å². The molecule has 1 heterocycles. The molecule has 1 aromatic carbocycles. The van der Waals surface area contributed by atoms with E-state index in [4.69, 9.17) is 12.2 Å². The van der Waals surface area contributed by atoms with E-state index >= 15 is 0 Å². The van der Waals surface area contributed by atoms with Crippen LogP contribution < -0.4 is 10.6 Å². The molecule has 0 unspecified atom stereocenters. The molecule has 4 nitrogen and oxygen atoms in total. The van der Waals surface area contributed by atoms with Crippen molar-refractivity contribution in [2.75, 3.05) is 5.32 Å². The molecular weight excluding hydrogens is 280 g/mol. The first-order valence-electron chi connectivity index (χ1n) is 6.69. The fourth-order valence-electron chi connectivity index (χ4n) is 1.95. The normalized spacial score (nSPS) is 10.6. The van der Waals surface area contributed by atoms with Crippen molar-refractivity contribution in [3.05, 3.63) is 59.6 Å². The fraction of sp³-hybridized carbons (Fsp3) is 0.188. The van der Waals surface area contributed by atoms with Crippen molar-refractivity contribution in [3.63, 3.8) is 0 Å². The number of hydrogen-bond acceptors (Lipinski definition) is 4. The van der Waals surface area contributed by atoms with Crippen LogP contribution in [0.5, 0.6) is 0 Å². The highest BCUT2D eigenvalue weighted by molar-refractivity contribution is 7.80. The Kier molecular flexibility index (Phi) is 5.00. The van der Waals surface area contributed by atoms with Crippen LogP contribution in [0.3, 0.4) is 0 Å². The zero-order chi connectivity index (χ0) is 15.2. The molecule has 0 fully saturated rings. The third kappa shape index (κ3) is 4.36. The van der Waals surface area contributed by atoms with Crippen LogP contribution in [-0.4, -0.2) is 15.0 Å². The highest BCUT2D eigenvalue weighted by Crippen LogP contribution is 2.17. The van der Waals surface area contributed by atoms with Gasteiger partial charge in [0.2, 0.25) is 5.95 Å². The third-order valence-electron chi connectivity index (χ3n) is 2.75. The van der Waals surface area contributed by atoms with E-state index < -0.39 is 0 Å². The minimum Gasteiger partial charge on any atom is -0.351 e. The van der Waals surface area contributed by atoms with E-state index in [0.717, 1.165) is 5.69 Å². The van der Waals surface area contributed by atoms with Crippen molar-refractivity contribution >= 4 is 28.8 Å². The molecule has 0 aliphatic carbocycles. The molecule has 0 amide bonds. The number of nitrogens with one attached hydrogen (secondary N) is 2. The lowest BCUT2D eigenvalue weighted by atomic mass is 10.1. The Hall–Kier alpha value is -2.27. The second kappa shape index (κ2) is 6.95. The SMILES string of the molecule is C/C=C/NC(=S)c1ccnc(Nc2cc(C)cc(C)c2)n1. The van der Waals surface area contributed by atoms with Crippen LogP contribution in [0.1, 0.15) is 23.7 Å². The first-order chi connectivity index (χ1) is 10.1. The quantitative estimate of drug-likeness (QED) is 0.844. The van der Waals surface area contributed by atoms with Gasteiger partial charge in [-0.1, -0.05) is 24.4 Å². The lowest BCUT2D eigenvalue weighted by Gasteiger charge is -2.09. The number of benzene rings is 1. The summed E-state index contributed by atoms with van der Waals surface area (Å²) < 4.78 is 0. The molecule has 0 atom stereocenters. The van der Waals surface area contributed by atoms with Gasteiger partial charge in [0.05, 0.1) is 0 Å². The van der Waals surface area contributed by atoms with Gasteiger partial charge in [-0.25, -0.2) is 9.97 Å². The Labute approximate surface area is 130 Å². The van der Waals surface area contributed by atoms with E-state index in [2.05, 4.69) is 52.6 Å². The number of aromatic nitrogens is 2. The Balaban J connectivity index is 2.19. The highest BCUT2D eigenvalue weighted by atomic mass is 32.1. The summed E-state index contributed by atoms with van der Waals surface area (Å²) in [7, 11) is 0. The molecule has 0 aliphatic rings. The zero-order valence-corrected chi connectivity index (χ0v) is 13.2. The first-order valence-corrected chi connectivity index (χ1v) is 7.09. The molecule has 5 heteroatoms. The van der Waals surface area contributed by atoms with E-state index in [9.17, 15) is 0 Å². The highest BCUT2D eigenvalue weighted by Gasteiger charge is 2.04. The zero-order valence-electron chi connectivity index (χ0n) is 12.3. The molecule has 0 saturated heterocycles. The van der Waals surface area contributed by atoms with Crippen LogP contribution in [0.15, 0.2) is 42.7 Å². The van der Waals surface area contributed by atoms with Gasteiger partial charge in [-0.15, -0.1) is 0 Å².